The highest BCUT2D eigenvalue weighted by Crippen LogP contribution is 2.01. The summed E-state index contributed by atoms with van der Waals surface area (Å²) in [7, 11) is -0.391. The number of unbranched alkanes of at least 4 members (excludes halogenated alkanes) is 1. The SMILES string of the molecule is C[Si](CCCC#N)c1ccccc1. The lowest BCUT2D eigenvalue weighted by atomic mass is 10.4. The molecule has 0 amide bonds. The van der Waals surface area contributed by atoms with Gasteiger partial charge in [-0.3, -0.25) is 0 Å². The van der Waals surface area contributed by atoms with Gasteiger partial charge in [-0.1, -0.05) is 48.1 Å². The topological polar surface area (TPSA) is 23.8 Å². The van der Waals surface area contributed by atoms with Gasteiger partial charge in [0.05, 0.1) is 14.9 Å². The number of hydrogen-bond acceptors (Lipinski definition) is 1. The zero-order valence-corrected chi connectivity index (χ0v) is 8.96. The molecule has 0 aromatic heterocycles. The van der Waals surface area contributed by atoms with Crippen molar-refractivity contribution in [1.29, 1.82) is 5.26 Å². The van der Waals surface area contributed by atoms with Crippen LogP contribution in [-0.2, 0) is 0 Å². The molecule has 67 valence electrons. The van der Waals surface area contributed by atoms with Crippen molar-refractivity contribution in [2.75, 3.05) is 0 Å². The van der Waals surface area contributed by atoms with Crippen LogP contribution in [-0.4, -0.2) is 8.80 Å². The van der Waals surface area contributed by atoms with Gasteiger partial charge in [0.15, 0.2) is 0 Å². The van der Waals surface area contributed by atoms with Crippen molar-refractivity contribution in [3.63, 3.8) is 0 Å². The summed E-state index contributed by atoms with van der Waals surface area (Å²) < 4.78 is 0. The molecule has 0 saturated heterocycles. The number of hydrogen-bond donors (Lipinski definition) is 0. The summed E-state index contributed by atoms with van der Waals surface area (Å²) in [5.74, 6) is 0. The third kappa shape index (κ3) is 3.43. The van der Waals surface area contributed by atoms with Crippen LogP contribution in [0.5, 0.6) is 0 Å². The van der Waals surface area contributed by atoms with E-state index in [1.54, 1.807) is 0 Å². The van der Waals surface area contributed by atoms with E-state index in [4.69, 9.17) is 5.26 Å². The van der Waals surface area contributed by atoms with E-state index in [2.05, 4.69) is 36.9 Å². The Labute approximate surface area is 81.6 Å². The van der Waals surface area contributed by atoms with E-state index < -0.39 is 8.80 Å². The van der Waals surface area contributed by atoms with E-state index in [1.165, 1.54) is 11.2 Å². The highest BCUT2D eigenvalue weighted by molar-refractivity contribution is 6.71. The maximum Gasteiger partial charge on any atom is 0.0824 e. The van der Waals surface area contributed by atoms with Crippen LogP contribution in [0, 0.1) is 11.3 Å². The Kier molecular flexibility index (Phi) is 4.28. The van der Waals surface area contributed by atoms with Gasteiger partial charge in [-0.25, -0.2) is 0 Å². The Hall–Kier alpha value is -1.07. The maximum absolute atomic E-state index is 8.41. The van der Waals surface area contributed by atoms with E-state index in [0.717, 1.165) is 6.42 Å². The van der Waals surface area contributed by atoms with Crippen molar-refractivity contribution in [1.82, 2.24) is 0 Å². The molecule has 0 fully saturated rings. The van der Waals surface area contributed by atoms with Crippen LogP contribution >= 0.6 is 0 Å². The summed E-state index contributed by atoms with van der Waals surface area (Å²) in [6.45, 7) is 2.32. The first-order valence-electron chi connectivity index (χ1n) is 4.59. The standard InChI is InChI=1S/C11H14NSi/c1-13(10-6-5-9-12)11-7-3-2-4-8-11/h2-4,7-8H,5-6,10H2,1H3. The molecule has 1 nitrogen and oxygen atoms in total. The minimum absolute atomic E-state index is 0.391. The van der Waals surface area contributed by atoms with Crippen LogP contribution in [0.15, 0.2) is 30.3 Å². The first-order valence-corrected chi connectivity index (χ1v) is 6.80. The summed E-state index contributed by atoms with van der Waals surface area (Å²) in [6, 6.07) is 14.0. The lowest BCUT2D eigenvalue weighted by Gasteiger charge is -2.07. The zero-order chi connectivity index (χ0) is 9.52. The van der Waals surface area contributed by atoms with Gasteiger partial charge in [0.2, 0.25) is 0 Å². The first-order chi connectivity index (χ1) is 6.34. The monoisotopic (exact) mass is 188 g/mol. The van der Waals surface area contributed by atoms with Gasteiger partial charge in [-0.2, -0.15) is 5.26 Å². The summed E-state index contributed by atoms with van der Waals surface area (Å²) in [6.07, 6.45) is 1.75. The van der Waals surface area contributed by atoms with Crippen molar-refractivity contribution in [3.8, 4) is 6.07 Å². The molecule has 1 aromatic rings. The molecular formula is C11H14NSi. The number of nitrogens with zero attached hydrogens (tertiary/aromatic N) is 1. The Morgan fingerprint density at radius 3 is 2.62 bits per heavy atom. The van der Waals surface area contributed by atoms with Crippen molar-refractivity contribution >= 4 is 14.0 Å². The fraction of sp³-hybridized carbons (Fsp3) is 0.364. The number of nitriles is 1. The Balaban J connectivity index is 2.41. The summed E-state index contributed by atoms with van der Waals surface area (Å²) in [5, 5.41) is 9.89. The fourth-order valence-corrected chi connectivity index (χ4v) is 3.06. The molecule has 0 spiro atoms. The molecule has 0 saturated carbocycles. The van der Waals surface area contributed by atoms with Gasteiger partial charge in [-0.15, -0.1) is 0 Å². The quantitative estimate of drug-likeness (QED) is 0.525. The Morgan fingerprint density at radius 2 is 2.00 bits per heavy atom. The lowest BCUT2D eigenvalue weighted by molar-refractivity contribution is 0.955. The maximum atomic E-state index is 8.41. The minimum Gasteiger partial charge on any atom is -0.198 e. The molecular weight excluding hydrogens is 174 g/mol. The van der Waals surface area contributed by atoms with E-state index in [-0.39, 0.29) is 0 Å². The van der Waals surface area contributed by atoms with Gasteiger partial charge in [-0.05, 0) is 6.42 Å². The molecule has 0 atom stereocenters. The third-order valence-corrected chi connectivity index (χ3v) is 4.53. The molecule has 1 rings (SSSR count). The minimum atomic E-state index is -0.391. The predicted molar refractivity (Wildman–Crippen MR) is 57.3 cm³/mol. The summed E-state index contributed by atoms with van der Waals surface area (Å²) in [5.41, 5.74) is 0. The molecule has 0 aliphatic carbocycles. The van der Waals surface area contributed by atoms with Crippen molar-refractivity contribution in [3.05, 3.63) is 30.3 Å². The van der Waals surface area contributed by atoms with Crippen LogP contribution < -0.4 is 5.19 Å². The average molecular weight is 188 g/mol. The zero-order valence-electron chi connectivity index (χ0n) is 7.96. The van der Waals surface area contributed by atoms with E-state index >= 15 is 0 Å². The molecule has 1 radical (unpaired) electrons. The molecule has 2 heteroatoms. The lowest BCUT2D eigenvalue weighted by Crippen LogP contribution is -2.25. The molecule has 0 aliphatic heterocycles. The Bertz CT molecular complexity index is 276. The van der Waals surface area contributed by atoms with Gasteiger partial charge in [0.1, 0.15) is 0 Å². The van der Waals surface area contributed by atoms with Gasteiger partial charge in [0, 0.05) is 6.42 Å². The highest BCUT2D eigenvalue weighted by atomic mass is 28.3. The van der Waals surface area contributed by atoms with Crippen LogP contribution in [0.2, 0.25) is 12.6 Å². The highest BCUT2D eigenvalue weighted by Gasteiger charge is 2.05. The van der Waals surface area contributed by atoms with Gasteiger partial charge in [0.25, 0.3) is 0 Å². The van der Waals surface area contributed by atoms with E-state index in [9.17, 15) is 0 Å². The van der Waals surface area contributed by atoms with Crippen LogP contribution in [0.3, 0.4) is 0 Å². The molecule has 13 heavy (non-hydrogen) atoms. The molecule has 0 unspecified atom stereocenters. The molecule has 0 bridgehead atoms. The molecule has 0 N–H and O–H groups in total. The third-order valence-electron chi connectivity index (χ3n) is 2.11. The normalized spacial score (nSPS) is 9.92. The largest absolute Gasteiger partial charge is 0.198 e. The predicted octanol–water partition coefficient (Wildman–Crippen LogP) is 2.32. The van der Waals surface area contributed by atoms with E-state index in [1.807, 2.05) is 6.07 Å². The van der Waals surface area contributed by atoms with Crippen molar-refractivity contribution < 1.29 is 0 Å². The second-order valence-electron chi connectivity index (χ2n) is 3.16. The van der Waals surface area contributed by atoms with Crippen molar-refractivity contribution in [2.45, 2.75) is 25.4 Å². The molecule has 0 heterocycles. The Morgan fingerprint density at radius 1 is 1.31 bits per heavy atom. The van der Waals surface area contributed by atoms with Crippen LogP contribution in [0.25, 0.3) is 0 Å². The van der Waals surface area contributed by atoms with Crippen LogP contribution in [0.1, 0.15) is 12.8 Å². The first kappa shape index (κ1) is 10.0. The second kappa shape index (κ2) is 5.55. The van der Waals surface area contributed by atoms with Crippen molar-refractivity contribution in [2.24, 2.45) is 0 Å². The number of rotatable bonds is 4. The summed E-state index contributed by atoms with van der Waals surface area (Å²) >= 11 is 0. The smallest absolute Gasteiger partial charge is 0.0824 e. The van der Waals surface area contributed by atoms with Gasteiger partial charge < -0.3 is 0 Å². The summed E-state index contributed by atoms with van der Waals surface area (Å²) in [4.78, 5) is 0. The number of benzene rings is 1. The second-order valence-corrected chi connectivity index (χ2v) is 5.80. The molecule has 1 aromatic carbocycles. The average Bonchev–Trinajstić information content (AvgIpc) is 2.19. The fourth-order valence-electron chi connectivity index (χ4n) is 1.30. The van der Waals surface area contributed by atoms with Crippen LogP contribution in [0.4, 0.5) is 0 Å². The molecule has 0 aliphatic rings. The van der Waals surface area contributed by atoms with Gasteiger partial charge >= 0.3 is 0 Å². The van der Waals surface area contributed by atoms with E-state index in [0.29, 0.717) is 6.42 Å².